The van der Waals surface area contributed by atoms with Crippen LogP contribution in [0.4, 0.5) is 0 Å². The minimum absolute atomic E-state index is 0.0215. The second kappa shape index (κ2) is 11.6. The van der Waals surface area contributed by atoms with Crippen LogP contribution in [0, 0.1) is 0 Å². The highest BCUT2D eigenvalue weighted by molar-refractivity contribution is 6.28. The summed E-state index contributed by atoms with van der Waals surface area (Å²) < 4.78 is 79.3. The van der Waals surface area contributed by atoms with E-state index in [-0.39, 0.29) is 22.0 Å². The third-order valence-corrected chi connectivity index (χ3v) is 8.55. The average molecular weight is 644 g/mol. The molecule has 0 amide bonds. The van der Waals surface area contributed by atoms with Crippen molar-refractivity contribution in [2.75, 3.05) is 0 Å². The molecule has 0 spiro atoms. The van der Waals surface area contributed by atoms with Crippen LogP contribution in [-0.2, 0) is 0 Å². The first kappa shape index (κ1) is 20.2. The van der Waals surface area contributed by atoms with Crippen molar-refractivity contribution in [3.05, 3.63) is 169 Å². The van der Waals surface area contributed by atoms with Crippen LogP contribution in [0.3, 0.4) is 0 Å². The Balaban J connectivity index is 1.16. The highest BCUT2D eigenvalue weighted by Gasteiger charge is 2.17. The molecule has 0 N–H and O–H groups in total. The summed E-state index contributed by atoms with van der Waals surface area (Å²) in [6.07, 6.45) is 0. The second-order valence-corrected chi connectivity index (χ2v) is 11.5. The van der Waals surface area contributed by atoms with E-state index in [0.717, 1.165) is 38.3 Å². The standard InChI is InChI=1S/C43H27ClN4/c44-42-45-41(46-43(47-42)48-38-18-6-4-14-36(38)37-15-5-7-19-39(37)48)33-26-24-31(25-27-33)35-17-9-13-32-12-8-16-34(40(32)35)30-22-20-29(21-23-30)28-10-2-1-3-11-28/h1-27H/i1D,2D,3D,10D,11D,20D,21D,22D,23D. The Morgan fingerprint density at radius 2 is 1.04 bits per heavy atom. The smallest absolute Gasteiger partial charge is 0.239 e. The van der Waals surface area contributed by atoms with Gasteiger partial charge in [0.2, 0.25) is 11.2 Å². The maximum Gasteiger partial charge on any atom is 0.239 e. The molecule has 2 heterocycles. The van der Waals surface area contributed by atoms with Crippen LogP contribution in [0.2, 0.25) is 5.28 Å². The summed E-state index contributed by atoms with van der Waals surface area (Å²) in [5.41, 5.74) is 3.83. The minimum atomic E-state index is -0.626. The van der Waals surface area contributed by atoms with Crippen LogP contribution < -0.4 is 0 Å². The van der Waals surface area contributed by atoms with Gasteiger partial charge >= 0.3 is 0 Å². The fraction of sp³-hybridized carbons (Fsp3) is 0. The van der Waals surface area contributed by atoms with Gasteiger partial charge in [-0.25, -0.2) is 0 Å². The molecule has 0 saturated heterocycles. The molecule has 0 unspecified atom stereocenters. The van der Waals surface area contributed by atoms with Crippen molar-refractivity contribution in [3.63, 3.8) is 0 Å². The Morgan fingerprint density at radius 1 is 0.479 bits per heavy atom. The number of nitrogens with zero attached hydrogens (tertiary/aromatic N) is 4. The summed E-state index contributed by atoms with van der Waals surface area (Å²) in [4.78, 5) is 13.9. The van der Waals surface area contributed by atoms with Crippen LogP contribution in [0.5, 0.6) is 0 Å². The zero-order valence-electron chi connectivity index (χ0n) is 34.1. The second-order valence-electron chi connectivity index (χ2n) is 11.1. The van der Waals surface area contributed by atoms with Crippen molar-refractivity contribution in [3.8, 4) is 50.7 Å². The highest BCUT2D eigenvalue weighted by Crippen LogP contribution is 2.38. The third kappa shape index (κ3) is 4.82. The number of fused-ring (bicyclic) bond motifs is 4. The molecule has 226 valence electrons. The number of halogens is 1. The lowest BCUT2D eigenvalue weighted by atomic mass is 9.90. The molecule has 0 aliphatic carbocycles. The van der Waals surface area contributed by atoms with Crippen molar-refractivity contribution >= 4 is 44.2 Å². The van der Waals surface area contributed by atoms with Crippen molar-refractivity contribution in [2.24, 2.45) is 0 Å². The SMILES string of the molecule is [2H]c1c([2H])c([2H])c(-c2c([2H])c([2H])c(-c3cccc4cccc(-c5ccc(-c6nc(Cl)nc(-n7c8ccccc8c8ccccc87)n6)cc5)c34)c([2H])c2[2H])c([2H])c1[2H]. The maximum atomic E-state index is 9.12. The lowest BCUT2D eigenvalue weighted by Crippen LogP contribution is -2.04. The fourth-order valence-electron chi connectivity index (χ4n) is 6.24. The van der Waals surface area contributed by atoms with Gasteiger partial charge in [-0.2, -0.15) is 15.0 Å². The Morgan fingerprint density at radius 3 is 1.71 bits per heavy atom. The third-order valence-electron chi connectivity index (χ3n) is 8.38. The van der Waals surface area contributed by atoms with Gasteiger partial charge in [0.25, 0.3) is 0 Å². The monoisotopic (exact) mass is 643 g/mol. The van der Waals surface area contributed by atoms with Gasteiger partial charge in [-0.15, -0.1) is 0 Å². The molecule has 0 radical (unpaired) electrons. The Bertz CT molecular complexity index is 3030. The van der Waals surface area contributed by atoms with E-state index in [1.54, 1.807) is 12.1 Å². The number of aromatic nitrogens is 4. The number of benzene rings is 7. The molecule has 0 saturated carbocycles. The molecule has 0 fully saturated rings. The number of hydrogen-bond donors (Lipinski definition) is 0. The molecule has 9 rings (SSSR count). The molecule has 5 heteroatoms. The maximum absolute atomic E-state index is 9.12. The summed E-state index contributed by atoms with van der Waals surface area (Å²) in [6, 6.07) is 29.9. The summed E-state index contributed by atoms with van der Waals surface area (Å²) in [5, 5.41) is 3.63. The summed E-state index contributed by atoms with van der Waals surface area (Å²) in [7, 11) is 0. The van der Waals surface area contributed by atoms with Crippen LogP contribution in [-0.4, -0.2) is 19.5 Å². The number of rotatable bonds is 5. The molecular formula is C43H27ClN4. The largest absolute Gasteiger partial charge is 0.278 e. The van der Waals surface area contributed by atoms with E-state index < -0.39 is 54.4 Å². The van der Waals surface area contributed by atoms with Gasteiger partial charge in [0, 0.05) is 16.3 Å². The molecule has 0 bridgehead atoms. The number of hydrogen-bond acceptors (Lipinski definition) is 3. The van der Waals surface area contributed by atoms with Crippen LogP contribution in [0.15, 0.2) is 164 Å². The minimum Gasteiger partial charge on any atom is -0.278 e. The topological polar surface area (TPSA) is 43.6 Å². The van der Waals surface area contributed by atoms with Gasteiger partial charge < -0.3 is 0 Å². The Hall–Kier alpha value is -6.10. The first-order valence-corrected chi connectivity index (χ1v) is 15.5. The van der Waals surface area contributed by atoms with E-state index in [9.17, 15) is 0 Å². The molecule has 9 aromatic rings. The molecule has 0 aliphatic heterocycles. The summed E-state index contributed by atoms with van der Waals surface area (Å²) >= 11 is 6.54. The first-order valence-electron chi connectivity index (χ1n) is 19.7. The molecule has 7 aromatic carbocycles. The molecular weight excluding hydrogens is 608 g/mol. The molecule has 0 atom stereocenters. The van der Waals surface area contributed by atoms with E-state index in [2.05, 4.69) is 22.1 Å². The summed E-state index contributed by atoms with van der Waals surface area (Å²) in [6.45, 7) is 0. The van der Waals surface area contributed by atoms with E-state index in [1.807, 2.05) is 89.5 Å². The number of para-hydroxylation sites is 2. The van der Waals surface area contributed by atoms with E-state index in [1.165, 1.54) is 0 Å². The fourth-order valence-corrected chi connectivity index (χ4v) is 6.40. The lowest BCUT2D eigenvalue weighted by molar-refractivity contribution is 0.947. The normalized spacial score (nSPS) is 14.1. The lowest BCUT2D eigenvalue weighted by Gasteiger charge is -2.14. The first-order chi connectivity index (χ1) is 27.5. The predicted octanol–water partition coefficient (Wildman–Crippen LogP) is 11.4. The average Bonchev–Trinajstić information content (AvgIpc) is 3.57. The molecule has 4 nitrogen and oxygen atoms in total. The molecule has 2 aromatic heterocycles. The highest BCUT2D eigenvalue weighted by atomic mass is 35.5. The van der Waals surface area contributed by atoms with Crippen molar-refractivity contribution in [1.82, 2.24) is 19.5 Å². The van der Waals surface area contributed by atoms with Crippen molar-refractivity contribution in [1.29, 1.82) is 0 Å². The zero-order chi connectivity index (χ0) is 39.9. The molecule has 48 heavy (non-hydrogen) atoms. The van der Waals surface area contributed by atoms with Crippen LogP contribution in [0.1, 0.15) is 12.3 Å². The van der Waals surface area contributed by atoms with Gasteiger partial charge in [-0.05, 0) is 67.9 Å². The van der Waals surface area contributed by atoms with E-state index >= 15 is 0 Å². The van der Waals surface area contributed by atoms with E-state index in [4.69, 9.17) is 28.9 Å². The Labute approximate surface area is 295 Å². The Kier molecular flexibility index (Phi) is 4.89. The van der Waals surface area contributed by atoms with Gasteiger partial charge in [0.1, 0.15) is 0 Å². The zero-order valence-corrected chi connectivity index (χ0v) is 25.8. The molecule has 0 aliphatic rings. The van der Waals surface area contributed by atoms with E-state index in [0.29, 0.717) is 28.3 Å². The quantitative estimate of drug-likeness (QED) is 0.187. The van der Waals surface area contributed by atoms with Crippen molar-refractivity contribution in [2.45, 2.75) is 0 Å². The predicted molar refractivity (Wildman–Crippen MR) is 198 cm³/mol. The van der Waals surface area contributed by atoms with Gasteiger partial charge in [-0.3, -0.25) is 4.57 Å². The van der Waals surface area contributed by atoms with Crippen LogP contribution in [0.25, 0.3) is 83.3 Å². The van der Waals surface area contributed by atoms with Gasteiger partial charge in [-0.1, -0.05) is 151 Å². The van der Waals surface area contributed by atoms with Gasteiger partial charge in [0.05, 0.1) is 23.4 Å². The van der Waals surface area contributed by atoms with Crippen LogP contribution >= 0.6 is 11.6 Å². The summed E-state index contributed by atoms with van der Waals surface area (Å²) in [5.74, 6) is 0.752. The van der Waals surface area contributed by atoms with Gasteiger partial charge in [0.15, 0.2) is 5.82 Å². The van der Waals surface area contributed by atoms with Crippen molar-refractivity contribution < 1.29 is 12.3 Å².